The number of amides is 2. The molecule has 0 saturated carbocycles. The summed E-state index contributed by atoms with van der Waals surface area (Å²) in [5.41, 5.74) is 0.707. The van der Waals surface area contributed by atoms with Crippen LogP contribution in [0.4, 0.5) is 5.69 Å². The predicted molar refractivity (Wildman–Crippen MR) is 97.7 cm³/mol. The predicted octanol–water partition coefficient (Wildman–Crippen LogP) is 3.47. The van der Waals surface area contributed by atoms with Crippen LogP contribution in [0.1, 0.15) is 32.6 Å². The number of nitrogens with one attached hydrogen (secondary N) is 2. The van der Waals surface area contributed by atoms with E-state index in [0.717, 1.165) is 30.8 Å². The van der Waals surface area contributed by atoms with Gasteiger partial charge >= 0.3 is 0 Å². The van der Waals surface area contributed by atoms with Crippen molar-refractivity contribution in [3.63, 3.8) is 0 Å². The average Bonchev–Trinajstić information content (AvgIpc) is 2.55. The summed E-state index contributed by atoms with van der Waals surface area (Å²) in [5, 5.41) is 5.81. The molecule has 1 aromatic rings. The standard InChI is InChI=1S/C17H23ClN2O3S/c1-2-3-8-23-9-4-7-19-16(21)11-15-17(22)20-13-10-12(18)5-6-14(13)24-15/h5-6,10,15H,2-4,7-9,11H2,1H3,(H,19,21)(H,20,22)/t15-/m1/s1. The first-order chi connectivity index (χ1) is 11.6. The molecule has 0 unspecified atom stereocenters. The fraction of sp³-hybridized carbons (Fsp3) is 0.529. The van der Waals surface area contributed by atoms with Gasteiger partial charge in [0, 0.05) is 36.1 Å². The molecule has 1 atom stereocenters. The molecule has 1 aliphatic heterocycles. The molecule has 0 fully saturated rings. The van der Waals surface area contributed by atoms with E-state index in [2.05, 4.69) is 17.6 Å². The minimum absolute atomic E-state index is 0.117. The fourth-order valence-electron chi connectivity index (χ4n) is 2.25. The van der Waals surface area contributed by atoms with Gasteiger partial charge in [0.25, 0.3) is 0 Å². The first kappa shape index (κ1) is 19.1. The van der Waals surface area contributed by atoms with Gasteiger partial charge in [-0.1, -0.05) is 24.9 Å². The van der Waals surface area contributed by atoms with Gasteiger partial charge in [-0.3, -0.25) is 9.59 Å². The van der Waals surface area contributed by atoms with E-state index < -0.39 is 5.25 Å². The monoisotopic (exact) mass is 370 g/mol. The number of hydrogen-bond acceptors (Lipinski definition) is 4. The second kappa shape index (κ2) is 9.91. The number of anilines is 1. The van der Waals surface area contributed by atoms with E-state index in [9.17, 15) is 9.59 Å². The molecule has 7 heteroatoms. The number of rotatable bonds is 9. The van der Waals surface area contributed by atoms with Crippen LogP contribution < -0.4 is 10.6 Å². The Morgan fingerprint density at radius 1 is 1.38 bits per heavy atom. The first-order valence-corrected chi connectivity index (χ1v) is 9.47. The Balaban J connectivity index is 1.70. The number of halogens is 1. The maximum Gasteiger partial charge on any atom is 0.238 e. The van der Waals surface area contributed by atoms with Crippen LogP contribution >= 0.6 is 23.4 Å². The molecule has 24 heavy (non-hydrogen) atoms. The second-order valence-corrected chi connectivity index (χ2v) is 7.29. The van der Waals surface area contributed by atoms with Crippen molar-refractivity contribution in [3.05, 3.63) is 23.2 Å². The lowest BCUT2D eigenvalue weighted by Gasteiger charge is -2.23. The van der Waals surface area contributed by atoms with Crippen molar-refractivity contribution >= 4 is 40.9 Å². The summed E-state index contributed by atoms with van der Waals surface area (Å²) in [6.07, 6.45) is 3.12. The van der Waals surface area contributed by atoms with E-state index >= 15 is 0 Å². The van der Waals surface area contributed by atoms with Gasteiger partial charge in [0.15, 0.2) is 0 Å². The fourth-order valence-corrected chi connectivity index (χ4v) is 3.51. The lowest BCUT2D eigenvalue weighted by atomic mass is 10.2. The molecule has 0 aliphatic carbocycles. The highest BCUT2D eigenvalue weighted by Crippen LogP contribution is 2.38. The molecule has 2 N–H and O–H groups in total. The Morgan fingerprint density at radius 3 is 2.96 bits per heavy atom. The zero-order valence-electron chi connectivity index (χ0n) is 13.8. The molecule has 2 amide bonds. The quantitative estimate of drug-likeness (QED) is 0.653. The summed E-state index contributed by atoms with van der Waals surface area (Å²) in [4.78, 5) is 25.0. The van der Waals surface area contributed by atoms with Gasteiger partial charge in [0.2, 0.25) is 11.8 Å². The molecule has 0 radical (unpaired) electrons. The Bertz CT molecular complexity index is 583. The van der Waals surface area contributed by atoms with Gasteiger partial charge in [-0.25, -0.2) is 0 Å². The number of carbonyl (C=O) groups excluding carboxylic acids is 2. The number of benzene rings is 1. The number of unbranched alkanes of at least 4 members (excludes halogenated alkanes) is 1. The molecule has 0 saturated heterocycles. The van der Waals surface area contributed by atoms with Crippen molar-refractivity contribution < 1.29 is 14.3 Å². The van der Waals surface area contributed by atoms with Gasteiger partial charge < -0.3 is 15.4 Å². The SMILES string of the molecule is CCCCOCCCNC(=O)C[C@H]1Sc2ccc(Cl)cc2NC1=O. The zero-order valence-corrected chi connectivity index (χ0v) is 15.3. The van der Waals surface area contributed by atoms with Crippen LogP contribution in [0.3, 0.4) is 0 Å². The van der Waals surface area contributed by atoms with Crippen LogP contribution in [0.15, 0.2) is 23.1 Å². The zero-order chi connectivity index (χ0) is 17.4. The highest BCUT2D eigenvalue weighted by molar-refractivity contribution is 8.01. The molecule has 1 aromatic carbocycles. The van der Waals surface area contributed by atoms with E-state index in [1.54, 1.807) is 12.1 Å². The Labute approximate surface area is 151 Å². The molecule has 0 aromatic heterocycles. The number of ether oxygens (including phenoxy) is 1. The maximum atomic E-state index is 12.1. The minimum atomic E-state index is -0.417. The van der Waals surface area contributed by atoms with Gasteiger partial charge in [-0.05, 0) is 31.0 Å². The maximum absolute atomic E-state index is 12.1. The van der Waals surface area contributed by atoms with Crippen molar-refractivity contribution in [2.45, 2.75) is 42.8 Å². The average molecular weight is 371 g/mol. The molecule has 5 nitrogen and oxygen atoms in total. The highest BCUT2D eigenvalue weighted by Gasteiger charge is 2.28. The largest absolute Gasteiger partial charge is 0.381 e. The third kappa shape index (κ3) is 6.00. The summed E-state index contributed by atoms with van der Waals surface area (Å²) in [6.45, 7) is 4.10. The smallest absolute Gasteiger partial charge is 0.238 e. The van der Waals surface area contributed by atoms with E-state index in [-0.39, 0.29) is 18.2 Å². The van der Waals surface area contributed by atoms with E-state index in [1.165, 1.54) is 11.8 Å². The first-order valence-electron chi connectivity index (χ1n) is 8.21. The molecular formula is C17H23ClN2O3S. The van der Waals surface area contributed by atoms with E-state index in [1.807, 2.05) is 6.07 Å². The van der Waals surface area contributed by atoms with Gasteiger partial charge in [-0.15, -0.1) is 11.8 Å². The molecule has 132 valence electrons. The Kier molecular flexibility index (Phi) is 7.88. The van der Waals surface area contributed by atoms with Crippen molar-refractivity contribution in [2.24, 2.45) is 0 Å². The van der Waals surface area contributed by atoms with Gasteiger partial charge in [-0.2, -0.15) is 0 Å². The molecule has 0 spiro atoms. The number of thioether (sulfide) groups is 1. The van der Waals surface area contributed by atoms with Crippen LogP contribution in [-0.4, -0.2) is 36.8 Å². The summed E-state index contributed by atoms with van der Waals surface area (Å²) < 4.78 is 5.44. The normalized spacial score (nSPS) is 16.4. The molecule has 2 rings (SSSR count). The molecule has 1 heterocycles. The van der Waals surface area contributed by atoms with E-state index in [4.69, 9.17) is 16.3 Å². The number of carbonyl (C=O) groups is 2. The van der Waals surface area contributed by atoms with Crippen LogP contribution in [0.25, 0.3) is 0 Å². The molecule has 0 bridgehead atoms. The van der Waals surface area contributed by atoms with Crippen LogP contribution in [0.5, 0.6) is 0 Å². The van der Waals surface area contributed by atoms with Crippen LogP contribution in [0.2, 0.25) is 5.02 Å². The molecular weight excluding hydrogens is 348 g/mol. The number of fused-ring (bicyclic) bond motifs is 1. The van der Waals surface area contributed by atoms with Crippen LogP contribution in [-0.2, 0) is 14.3 Å². The lowest BCUT2D eigenvalue weighted by Crippen LogP contribution is -2.35. The highest BCUT2D eigenvalue weighted by atomic mass is 35.5. The minimum Gasteiger partial charge on any atom is -0.381 e. The van der Waals surface area contributed by atoms with E-state index in [0.29, 0.717) is 23.9 Å². The summed E-state index contributed by atoms with van der Waals surface area (Å²) in [5.74, 6) is -0.276. The third-order valence-corrected chi connectivity index (χ3v) is 5.07. The number of hydrogen-bond donors (Lipinski definition) is 2. The van der Waals surface area contributed by atoms with Gasteiger partial charge in [0.05, 0.1) is 10.9 Å². The molecule has 1 aliphatic rings. The van der Waals surface area contributed by atoms with Crippen molar-refractivity contribution in [1.29, 1.82) is 0 Å². The van der Waals surface area contributed by atoms with Gasteiger partial charge in [0.1, 0.15) is 0 Å². The topological polar surface area (TPSA) is 67.4 Å². The van der Waals surface area contributed by atoms with Crippen LogP contribution in [0, 0.1) is 0 Å². The van der Waals surface area contributed by atoms with Crippen molar-refractivity contribution in [3.8, 4) is 0 Å². The van der Waals surface area contributed by atoms with Crippen molar-refractivity contribution in [2.75, 3.05) is 25.1 Å². The second-order valence-electron chi connectivity index (χ2n) is 5.61. The lowest BCUT2D eigenvalue weighted by molar-refractivity contribution is -0.124. The van der Waals surface area contributed by atoms with Crippen molar-refractivity contribution in [1.82, 2.24) is 5.32 Å². The third-order valence-electron chi connectivity index (χ3n) is 3.56. The Hall–Kier alpha value is -1.24. The summed E-state index contributed by atoms with van der Waals surface area (Å²) >= 11 is 7.32. The summed E-state index contributed by atoms with van der Waals surface area (Å²) in [6, 6.07) is 5.36. The Morgan fingerprint density at radius 2 is 2.17 bits per heavy atom. The summed E-state index contributed by atoms with van der Waals surface area (Å²) in [7, 11) is 0.